The predicted octanol–water partition coefficient (Wildman–Crippen LogP) is 2.51. The van der Waals surface area contributed by atoms with E-state index in [0.29, 0.717) is 0 Å². The van der Waals surface area contributed by atoms with Crippen molar-refractivity contribution < 1.29 is 26.0 Å². The molecule has 0 aromatic heterocycles. The molecule has 3 N–H and O–H groups in total. The fourth-order valence-electron chi connectivity index (χ4n) is 2.57. The van der Waals surface area contributed by atoms with Gasteiger partial charge in [0.25, 0.3) is 0 Å². The van der Waals surface area contributed by atoms with E-state index in [9.17, 15) is 26.0 Å². The van der Waals surface area contributed by atoms with Crippen molar-refractivity contribution in [1.29, 1.82) is 0 Å². The summed E-state index contributed by atoms with van der Waals surface area (Å²) in [6.07, 6.45) is -3.78. The highest BCUT2D eigenvalue weighted by molar-refractivity contribution is 7.89. The van der Waals surface area contributed by atoms with E-state index >= 15 is 0 Å². The van der Waals surface area contributed by atoms with Crippen molar-refractivity contribution in [2.24, 2.45) is 10.7 Å². The molecule has 0 radical (unpaired) electrons. The van der Waals surface area contributed by atoms with Crippen molar-refractivity contribution in [3.8, 4) is 0 Å². The van der Waals surface area contributed by atoms with Gasteiger partial charge in [-0.2, -0.15) is 13.2 Å². The summed E-state index contributed by atoms with van der Waals surface area (Å²) in [6.45, 7) is 2.56. The monoisotopic (exact) mass is 394 g/mol. The van der Waals surface area contributed by atoms with Crippen molar-refractivity contribution in [2.75, 3.05) is 18.1 Å². The molecule has 26 heavy (non-hydrogen) atoms. The fraction of sp³-hybridized carbons (Fsp3) is 0.400. The molecule has 1 heterocycles. The molecule has 0 spiro atoms. The lowest BCUT2D eigenvalue weighted by Gasteiger charge is -2.34. The number of anilines is 1. The molecule has 144 valence electrons. The Hall–Kier alpha value is -2.30. The normalized spacial score (nSPS) is 23.6. The van der Waals surface area contributed by atoms with Gasteiger partial charge < -0.3 is 11.1 Å². The van der Waals surface area contributed by atoms with Crippen LogP contribution in [0.5, 0.6) is 0 Å². The molecule has 0 saturated heterocycles. The summed E-state index contributed by atoms with van der Waals surface area (Å²) in [4.78, 5) is 4.05. The first kappa shape index (κ1) is 20.0. The Labute approximate surface area is 148 Å². The standard InChI is InChI=1S/C15H18F4N4O2S/c1-4-12(15(17,18)19)21-9-5-6-11(16)10(7-9)14(2)8-26(24,25)23(3)13(20)22-14/h4-7,21H,8H2,1-3H3,(H2,20,22)/t14-/m0/s1. The SMILES string of the molecule is CC=C(Nc1ccc(F)c([C@]2(C)CS(=O)(=O)N(C)C(N)=N2)c1)C(F)(F)F. The molecule has 0 unspecified atom stereocenters. The highest BCUT2D eigenvalue weighted by atomic mass is 32.2. The Morgan fingerprint density at radius 2 is 2.04 bits per heavy atom. The average molecular weight is 394 g/mol. The molecular weight excluding hydrogens is 376 g/mol. The molecule has 0 amide bonds. The molecule has 6 nitrogen and oxygen atoms in total. The van der Waals surface area contributed by atoms with Gasteiger partial charge in [0.1, 0.15) is 17.1 Å². The summed E-state index contributed by atoms with van der Waals surface area (Å²) in [5.74, 6) is -1.71. The van der Waals surface area contributed by atoms with Crippen molar-refractivity contribution >= 4 is 21.7 Å². The van der Waals surface area contributed by atoms with Crippen molar-refractivity contribution in [3.05, 3.63) is 41.4 Å². The van der Waals surface area contributed by atoms with E-state index in [1.807, 2.05) is 0 Å². The number of rotatable bonds is 3. The van der Waals surface area contributed by atoms with Gasteiger partial charge in [-0.05, 0) is 32.0 Å². The predicted molar refractivity (Wildman–Crippen MR) is 90.4 cm³/mol. The Kier molecular flexibility index (Phi) is 4.97. The van der Waals surface area contributed by atoms with E-state index in [2.05, 4.69) is 10.3 Å². The van der Waals surface area contributed by atoms with Gasteiger partial charge in [0.15, 0.2) is 0 Å². The molecule has 1 aliphatic heterocycles. The first-order valence-corrected chi connectivity index (χ1v) is 9.03. The minimum Gasteiger partial charge on any atom is -0.369 e. The Balaban J connectivity index is 2.51. The van der Waals surface area contributed by atoms with Gasteiger partial charge >= 0.3 is 6.18 Å². The number of nitrogens with zero attached hydrogens (tertiary/aromatic N) is 2. The van der Waals surface area contributed by atoms with E-state index in [1.165, 1.54) is 20.9 Å². The van der Waals surface area contributed by atoms with Crippen molar-refractivity contribution in [1.82, 2.24) is 4.31 Å². The maximum atomic E-state index is 14.3. The van der Waals surface area contributed by atoms with Crippen LogP contribution < -0.4 is 11.1 Å². The van der Waals surface area contributed by atoms with E-state index in [-0.39, 0.29) is 17.2 Å². The zero-order valence-corrected chi connectivity index (χ0v) is 15.0. The molecule has 1 aliphatic rings. The second kappa shape index (κ2) is 6.45. The number of allylic oxidation sites excluding steroid dienone is 2. The summed E-state index contributed by atoms with van der Waals surface area (Å²) < 4.78 is 78.2. The van der Waals surface area contributed by atoms with Crippen molar-refractivity contribution in [3.63, 3.8) is 0 Å². The van der Waals surface area contributed by atoms with Crippen LogP contribution in [0.15, 0.2) is 35.0 Å². The second-order valence-corrected chi connectivity index (χ2v) is 7.99. The molecule has 2 rings (SSSR count). The summed E-state index contributed by atoms with van der Waals surface area (Å²) in [6, 6.07) is 3.17. The smallest absolute Gasteiger partial charge is 0.369 e. The number of alkyl halides is 3. The maximum absolute atomic E-state index is 14.3. The summed E-state index contributed by atoms with van der Waals surface area (Å²) >= 11 is 0. The largest absolute Gasteiger partial charge is 0.430 e. The van der Waals surface area contributed by atoms with Gasteiger partial charge in [-0.15, -0.1) is 0 Å². The van der Waals surface area contributed by atoms with Gasteiger partial charge in [0.2, 0.25) is 16.0 Å². The van der Waals surface area contributed by atoms with Crippen LogP contribution in [-0.2, 0) is 15.6 Å². The van der Waals surface area contributed by atoms with E-state index in [1.54, 1.807) is 0 Å². The van der Waals surface area contributed by atoms with Crippen LogP contribution in [0.25, 0.3) is 0 Å². The minimum atomic E-state index is -4.62. The third-order valence-electron chi connectivity index (χ3n) is 3.98. The van der Waals surface area contributed by atoms with E-state index in [4.69, 9.17) is 5.73 Å². The van der Waals surface area contributed by atoms with Gasteiger partial charge in [-0.1, -0.05) is 6.08 Å². The fourth-order valence-corrected chi connectivity index (χ4v) is 4.02. The lowest BCUT2D eigenvalue weighted by atomic mass is 9.93. The summed E-state index contributed by atoms with van der Waals surface area (Å²) in [5.41, 5.74) is 2.77. The highest BCUT2D eigenvalue weighted by Gasteiger charge is 2.42. The Bertz CT molecular complexity index is 880. The minimum absolute atomic E-state index is 0.0573. The van der Waals surface area contributed by atoms with Gasteiger partial charge in [0.05, 0.1) is 5.75 Å². The number of sulfonamides is 1. The number of nitrogens with two attached hydrogens (primary N) is 1. The van der Waals surface area contributed by atoms with Crippen LogP contribution in [0.3, 0.4) is 0 Å². The summed E-state index contributed by atoms with van der Waals surface area (Å²) in [5, 5.41) is 2.16. The first-order chi connectivity index (χ1) is 11.8. The molecule has 0 bridgehead atoms. The van der Waals surface area contributed by atoms with Crippen LogP contribution in [0.1, 0.15) is 19.4 Å². The van der Waals surface area contributed by atoms with Gasteiger partial charge in [-0.3, -0.25) is 0 Å². The highest BCUT2D eigenvalue weighted by Crippen LogP contribution is 2.35. The van der Waals surface area contributed by atoms with E-state index in [0.717, 1.165) is 28.6 Å². The number of guanidine groups is 1. The van der Waals surface area contributed by atoms with Crippen LogP contribution >= 0.6 is 0 Å². The molecular formula is C15H18F4N4O2S. The number of halogens is 4. The Morgan fingerprint density at radius 1 is 1.42 bits per heavy atom. The third kappa shape index (κ3) is 3.76. The maximum Gasteiger partial charge on any atom is 0.430 e. The first-order valence-electron chi connectivity index (χ1n) is 7.42. The second-order valence-electron chi connectivity index (χ2n) is 5.99. The number of benzene rings is 1. The molecule has 1 aromatic carbocycles. The van der Waals surface area contributed by atoms with Crippen LogP contribution in [-0.4, -0.2) is 37.7 Å². The zero-order chi connectivity index (χ0) is 19.9. The lowest BCUT2D eigenvalue weighted by molar-refractivity contribution is -0.0903. The average Bonchev–Trinajstić information content (AvgIpc) is 2.50. The molecule has 0 fully saturated rings. The molecule has 1 atom stereocenters. The molecule has 0 aliphatic carbocycles. The topological polar surface area (TPSA) is 87.8 Å². The van der Waals surface area contributed by atoms with E-state index < -0.39 is 39.0 Å². The molecule has 1 aromatic rings. The number of aliphatic imine (C=N–C) groups is 1. The number of hydrogen-bond donors (Lipinski definition) is 2. The van der Waals surface area contributed by atoms with Crippen LogP contribution in [0.4, 0.5) is 23.2 Å². The Morgan fingerprint density at radius 3 is 2.54 bits per heavy atom. The molecule has 11 heteroatoms. The zero-order valence-electron chi connectivity index (χ0n) is 14.2. The van der Waals surface area contributed by atoms with Crippen molar-refractivity contribution in [2.45, 2.75) is 25.6 Å². The summed E-state index contributed by atoms with van der Waals surface area (Å²) in [7, 11) is -2.64. The lowest BCUT2D eigenvalue weighted by Crippen LogP contribution is -2.50. The third-order valence-corrected chi connectivity index (χ3v) is 5.93. The van der Waals surface area contributed by atoms with Crippen LogP contribution in [0, 0.1) is 5.82 Å². The number of hydrogen-bond acceptors (Lipinski definition) is 5. The van der Waals surface area contributed by atoms with Gasteiger partial charge in [-0.25, -0.2) is 22.1 Å². The molecule has 0 saturated carbocycles. The van der Waals surface area contributed by atoms with Gasteiger partial charge in [0, 0.05) is 18.3 Å². The van der Waals surface area contributed by atoms with Crippen LogP contribution in [0.2, 0.25) is 0 Å². The number of nitrogens with one attached hydrogen (secondary N) is 1. The quantitative estimate of drug-likeness (QED) is 0.772.